The summed E-state index contributed by atoms with van der Waals surface area (Å²) in [7, 11) is 1.87. The number of amides is 1. The molecule has 1 amide bonds. The van der Waals surface area contributed by atoms with Crippen LogP contribution in [0.5, 0.6) is 0 Å². The zero-order chi connectivity index (χ0) is 13.9. The average molecular weight is 269 g/mol. The molecule has 18 heavy (non-hydrogen) atoms. The van der Waals surface area contributed by atoms with E-state index >= 15 is 0 Å². The molecule has 6 heteroatoms. The molecule has 100 valence electrons. The largest absolute Gasteiger partial charge is 0.397 e. The number of hydrogen-bond acceptors (Lipinski definition) is 5. The van der Waals surface area contributed by atoms with Crippen molar-refractivity contribution < 1.29 is 9.59 Å². The number of Topliss-reactive ketones (excluding diaryl/α,β-unsaturated/α-hetero) is 1. The minimum absolute atomic E-state index is 0.143. The van der Waals surface area contributed by atoms with E-state index in [0.29, 0.717) is 9.88 Å². The van der Waals surface area contributed by atoms with Crippen molar-refractivity contribution in [1.82, 2.24) is 0 Å². The van der Waals surface area contributed by atoms with Crippen molar-refractivity contribution in [1.29, 1.82) is 0 Å². The first-order valence-corrected chi connectivity index (χ1v) is 6.65. The van der Waals surface area contributed by atoms with Crippen LogP contribution in [0.3, 0.4) is 0 Å². The van der Waals surface area contributed by atoms with E-state index in [-0.39, 0.29) is 17.0 Å². The Kier molecular flexibility index (Phi) is 4.72. The highest BCUT2D eigenvalue weighted by Gasteiger charge is 2.24. The van der Waals surface area contributed by atoms with E-state index in [1.807, 2.05) is 11.9 Å². The van der Waals surface area contributed by atoms with Crippen LogP contribution in [-0.4, -0.2) is 25.3 Å². The topological polar surface area (TPSA) is 89.4 Å². The van der Waals surface area contributed by atoms with Crippen LogP contribution in [0.15, 0.2) is 0 Å². The standard InChI is InChI=1S/C12H19N3O2S/c1-4-5-6-15(3)12-8(11(14)17)9(13)10(18-12)7(2)16/h4-6,13H2,1-3H3,(H2,14,17). The maximum absolute atomic E-state index is 11.5. The lowest BCUT2D eigenvalue weighted by molar-refractivity contribution is 0.100. The lowest BCUT2D eigenvalue weighted by Gasteiger charge is -2.17. The molecule has 1 aromatic rings. The zero-order valence-corrected chi connectivity index (χ0v) is 11.8. The van der Waals surface area contributed by atoms with Crippen molar-refractivity contribution in [3.8, 4) is 0 Å². The van der Waals surface area contributed by atoms with Crippen molar-refractivity contribution in [2.75, 3.05) is 24.2 Å². The number of thiophene rings is 1. The SMILES string of the molecule is CCCCN(C)c1sc(C(C)=O)c(N)c1C(N)=O. The van der Waals surface area contributed by atoms with E-state index in [1.165, 1.54) is 18.3 Å². The monoisotopic (exact) mass is 269 g/mol. The molecule has 1 heterocycles. The number of anilines is 2. The summed E-state index contributed by atoms with van der Waals surface area (Å²) in [6.07, 6.45) is 2.05. The fourth-order valence-electron chi connectivity index (χ4n) is 1.70. The average Bonchev–Trinajstić information content (AvgIpc) is 2.63. The van der Waals surface area contributed by atoms with Gasteiger partial charge < -0.3 is 16.4 Å². The Bertz CT molecular complexity index is 468. The minimum Gasteiger partial charge on any atom is -0.397 e. The first-order valence-electron chi connectivity index (χ1n) is 5.84. The van der Waals surface area contributed by atoms with Gasteiger partial charge in [0.2, 0.25) is 0 Å². The molecule has 0 aromatic carbocycles. The van der Waals surface area contributed by atoms with Crippen LogP contribution in [0.25, 0.3) is 0 Å². The van der Waals surface area contributed by atoms with Gasteiger partial charge in [-0.05, 0) is 6.42 Å². The van der Waals surface area contributed by atoms with E-state index in [4.69, 9.17) is 11.5 Å². The van der Waals surface area contributed by atoms with Gasteiger partial charge >= 0.3 is 0 Å². The molecular weight excluding hydrogens is 250 g/mol. The Morgan fingerprint density at radius 3 is 2.44 bits per heavy atom. The maximum atomic E-state index is 11.5. The van der Waals surface area contributed by atoms with E-state index in [2.05, 4.69) is 6.92 Å². The minimum atomic E-state index is -0.588. The molecule has 0 radical (unpaired) electrons. The van der Waals surface area contributed by atoms with Crippen molar-refractivity contribution in [2.45, 2.75) is 26.7 Å². The maximum Gasteiger partial charge on any atom is 0.253 e. The fourth-order valence-corrected chi connectivity index (χ4v) is 2.81. The third-order valence-electron chi connectivity index (χ3n) is 2.69. The second kappa shape index (κ2) is 5.86. The second-order valence-electron chi connectivity index (χ2n) is 4.22. The van der Waals surface area contributed by atoms with Crippen molar-refractivity contribution >= 4 is 33.7 Å². The zero-order valence-electron chi connectivity index (χ0n) is 10.9. The van der Waals surface area contributed by atoms with Gasteiger partial charge in [0.05, 0.1) is 16.1 Å². The van der Waals surface area contributed by atoms with Gasteiger partial charge in [-0.3, -0.25) is 9.59 Å². The van der Waals surface area contributed by atoms with Crippen LogP contribution >= 0.6 is 11.3 Å². The number of primary amides is 1. The molecule has 4 N–H and O–H groups in total. The summed E-state index contributed by atoms with van der Waals surface area (Å²) in [5.74, 6) is -0.732. The molecular formula is C12H19N3O2S. The summed E-state index contributed by atoms with van der Waals surface area (Å²) in [5.41, 5.74) is 11.7. The van der Waals surface area contributed by atoms with Gasteiger partial charge in [-0.2, -0.15) is 0 Å². The van der Waals surface area contributed by atoms with Crippen molar-refractivity contribution in [3.05, 3.63) is 10.4 Å². The molecule has 0 saturated heterocycles. The molecule has 0 saturated carbocycles. The lowest BCUT2D eigenvalue weighted by Crippen LogP contribution is -2.22. The number of nitrogens with zero attached hydrogens (tertiary/aromatic N) is 1. The van der Waals surface area contributed by atoms with Crippen molar-refractivity contribution in [2.24, 2.45) is 5.73 Å². The van der Waals surface area contributed by atoms with Crippen LogP contribution in [0.4, 0.5) is 10.7 Å². The number of rotatable bonds is 6. The molecule has 5 nitrogen and oxygen atoms in total. The van der Waals surface area contributed by atoms with Gasteiger partial charge in [-0.1, -0.05) is 13.3 Å². The number of ketones is 1. The normalized spacial score (nSPS) is 10.4. The predicted molar refractivity (Wildman–Crippen MR) is 75.4 cm³/mol. The molecule has 0 unspecified atom stereocenters. The summed E-state index contributed by atoms with van der Waals surface area (Å²) in [6.45, 7) is 4.32. The summed E-state index contributed by atoms with van der Waals surface area (Å²) in [6, 6.07) is 0. The molecule has 0 aliphatic rings. The van der Waals surface area contributed by atoms with Gasteiger partial charge in [-0.15, -0.1) is 11.3 Å². The van der Waals surface area contributed by atoms with Gasteiger partial charge in [0.1, 0.15) is 5.00 Å². The van der Waals surface area contributed by atoms with E-state index < -0.39 is 5.91 Å². The molecule has 0 fully saturated rings. The second-order valence-corrected chi connectivity index (χ2v) is 5.22. The molecule has 0 aliphatic carbocycles. The predicted octanol–water partition coefficient (Wildman–Crippen LogP) is 1.87. The van der Waals surface area contributed by atoms with E-state index in [9.17, 15) is 9.59 Å². The molecule has 0 spiro atoms. The molecule has 0 bridgehead atoms. The summed E-state index contributed by atoms with van der Waals surface area (Å²) in [4.78, 5) is 25.3. The Labute approximate surface area is 111 Å². The summed E-state index contributed by atoms with van der Waals surface area (Å²) >= 11 is 1.23. The smallest absolute Gasteiger partial charge is 0.253 e. The van der Waals surface area contributed by atoms with Crippen LogP contribution < -0.4 is 16.4 Å². The highest BCUT2D eigenvalue weighted by molar-refractivity contribution is 7.19. The fraction of sp³-hybridized carbons (Fsp3) is 0.500. The van der Waals surface area contributed by atoms with Crippen LogP contribution in [0.2, 0.25) is 0 Å². The Balaban J connectivity index is 3.21. The molecule has 0 atom stereocenters. The van der Waals surface area contributed by atoms with Crippen LogP contribution in [0, 0.1) is 0 Å². The summed E-state index contributed by atoms with van der Waals surface area (Å²) in [5, 5.41) is 0.679. The van der Waals surface area contributed by atoms with E-state index in [1.54, 1.807) is 0 Å². The summed E-state index contributed by atoms with van der Waals surface area (Å²) < 4.78 is 0. The Morgan fingerprint density at radius 2 is 2.00 bits per heavy atom. The van der Waals surface area contributed by atoms with Crippen LogP contribution in [0.1, 0.15) is 46.7 Å². The third-order valence-corrected chi connectivity index (χ3v) is 4.11. The highest BCUT2D eigenvalue weighted by Crippen LogP contribution is 2.37. The lowest BCUT2D eigenvalue weighted by atomic mass is 10.2. The van der Waals surface area contributed by atoms with Crippen molar-refractivity contribution in [3.63, 3.8) is 0 Å². The van der Waals surface area contributed by atoms with Gasteiger partial charge in [0.15, 0.2) is 5.78 Å². The third kappa shape index (κ3) is 2.81. The molecule has 1 aromatic heterocycles. The van der Waals surface area contributed by atoms with Gasteiger partial charge in [0.25, 0.3) is 5.91 Å². The quantitative estimate of drug-likeness (QED) is 0.771. The number of carbonyl (C=O) groups is 2. The number of hydrogen-bond donors (Lipinski definition) is 2. The molecule has 1 rings (SSSR count). The molecule has 0 aliphatic heterocycles. The van der Waals surface area contributed by atoms with Gasteiger partial charge in [0, 0.05) is 20.5 Å². The Hall–Kier alpha value is -1.56. The first-order chi connectivity index (χ1) is 8.40. The first kappa shape index (κ1) is 14.5. The number of carbonyl (C=O) groups excluding carboxylic acids is 2. The number of unbranched alkanes of at least 4 members (excludes halogenated alkanes) is 1. The Morgan fingerprint density at radius 1 is 1.39 bits per heavy atom. The van der Waals surface area contributed by atoms with Crippen LogP contribution in [-0.2, 0) is 0 Å². The van der Waals surface area contributed by atoms with Gasteiger partial charge in [-0.25, -0.2) is 0 Å². The number of nitrogens with two attached hydrogens (primary N) is 2. The number of nitrogen functional groups attached to an aromatic ring is 1. The van der Waals surface area contributed by atoms with E-state index in [0.717, 1.165) is 19.4 Å². The highest BCUT2D eigenvalue weighted by atomic mass is 32.1.